The van der Waals surface area contributed by atoms with Gasteiger partial charge in [-0.2, -0.15) is 0 Å². The third-order valence-corrected chi connectivity index (χ3v) is 5.59. The van der Waals surface area contributed by atoms with Crippen molar-refractivity contribution in [2.75, 3.05) is 26.5 Å². The molecule has 1 rings (SSSR count). The zero-order chi connectivity index (χ0) is 15.7. The molecule has 4 nitrogen and oxygen atoms in total. The fourth-order valence-electron chi connectivity index (χ4n) is 1.86. The van der Waals surface area contributed by atoms with Crippen molar-refractivity contribution >= 4 is 15.7 Å². The number of nitrogens with zero attached hydrogens (tertiary/aromatic N) is 1. The highest BCUT2D eigenvalue weighted by Gasteiger charge is 2.27. The number of hydrogen-bond acceptors (Lipinski definition) is 3. The molecule has 0 spiro atoms. The van der Waals surface area contributed by atoms with E-state index in [1.807, 2.05) is 27.8 Å². The van der Waals surface area contributed by atoms with E-state index in [2.05, 4.69) is 11.9 Å². The average Bonchev–Trinajstić information content (AvgIpc) is 2.37. The van der Waals surface area contributed by atoms with Gasteiger partial charge in [-0.15, -0.1) is 0 Å². The molecule has 20 heavy (non-hydrogen) atoms. The Morgan fingerprint density at radius 3 is 2.25 bits per heavy atom. The molecular formula is C15H24N2O2S. The molecule has 0 aliphatic heterocycles. The lowest BCUT2D eigenvalue weighted by Gasteiger charge is -2.29. The number of nitrogens with one attached hydrogen (secondary N) is 1. The molecule has 0 unspecified atom stereocenters. The minimum Gasteiger partial charge on any atom is -0.388 e. The van der Waals surface area contributed by atoms with Gasteiger partial charge >= 0.3 is 0 Å². The van der Waals surface area contributed by atoms with E-state index < -0.39 is 10.0 Å². The molecule has 5 heteroatoms. The van der Waals surface area contributed by atoms with Gasteiger partial charge in [0, 0.05) is 32.2 Å². The van der Waals surface area contributed by atoms with Crippen molar-refractivity contribution in [1.29, 1.82) is 0 Å². The average molecular weight is 296 g/mol. The van der Waals surface area contributed by atoms with Gasteiger partial charge in [-0.3, -0.25) is 0 Å². The van der Waals surface area contributed by atoms with Crippen molar-refractivity contribution in [2.24, 2.45) is 0 Å². The van der Waals surface area contributed by atoms with E-state index in [9.17, 15) is 8.42 Å². The zero-order valence-corrected chi connectivity index (χ0v) is 13.9. The van der Waals surface area contributed by atoms with Gasteiger partial charge in [0.15, 0.2) is 0 Å². The molecule has 0 aliphatic carbocycles. The van der Waals surface area contributed by atoms with E-state index in [1.165, 1.54) is 18.4 Å². The van der Waals surface area contributed by atoms with Crippen LogP contribution in [0.25, 0.3) is 0 Å². The van der Waals surface area contributed by atoms with Crippen molar-refractivity contribution in [3.05, 3.63) is 35.9 Å². The summed E-state index contributed by atoms with van der Waals surface area (Å²) in [5, 5.41) is 3.11. The van der Waals surface area contributed by atoms with Crippen LogP contribution in [0.1, 0.15) is 26.3 Å². The van der Waals surface area contributed by atoms with Gasteiger partial charge in [0.05, 0.1) is 4.90 Å². The first kappa shape index (κ1) is 16.7. The Labute approximate surface area is 122 Å². The van der Waals surface area contributed by atoms with Crippen LogP contribution in [0, 0.1) is 0 Å². The highest BCUT2D eigenvalue weighted by atomic mass is 32.2. The largest absolute Gasteiger partial charge is 0.388 e. The highest BCUT2D eigenvalue weighted by Crippen LogP contribution is 2.36. The van der Waals surface area contributed by atoms with Crippen LogP contribution in [0.15, 0.2) is 35.2 Å². The molecule has 0 aromatic heterocycles. The van der Waals surface area contributed by atoms with E-state index in [1.54, 1.807) is 18.2 Å². The van der Waals surface area contributed by atoms with E-state index >= 15 is 0 Å². The van der Waals surface area contributed by atoms with Crippen LogP contribution >= 0.6 is 0 Å². The predicted molar refractivity (Wildman–Crippen MR) is 84.7 cm³/mol. The van der Waals surface area contributed by atoms with Gasteiger partial charge < -0.3 is 5.32 Å². The number of rotatable bonds is 5. The van der Waals surface area contributed by atoms with Gasteiger partial charge in [-0.1, -0.05) is 26.0 Å². The van der Waals surface area contributed by atoms with Gasteiger partial charge in [-0.05, 0) is 30.7 Å². The minimum atomic E-state index is -3.43. The molecule has 0 atom stereocenters. The maximum Gasteiger partial charge on any atom is 0.242 e. The molecule has 0 heterocycles. The van der Waals surface area contributed by atoms with Crippen LogP contribution in [0.5, 0.6) is 0 Å². The second kappa shape index (κ2) is 5.58. The van der Waals surface area contributed by atoms with Gasteiger partial charge in [-0.25, -0.2) is 12.7 Å². The molecule has 1 aromatic rings. The van der Waals surface area contributed by atoms with E-state index in [0.29, 0.717) is 4.90 Å². The van der Waals surface area contributed by atoms with Crippen molar-refractivity contribution in [1.82, 2.24) is 4.31 Å². The molecule has 0 amide bonds. The first-order chi connectivity index (χ1) is 9.05. The molecule has 0 saturated heterocycles. The lowest BCUT2D eigenvalue weighted by atomic mass is 9.78. The smallest absolute Gasteiger partial charge is 0.242 e. The highest BCUT2D eigenvalue weighted by molar-refractivity contribution is 7.89. The molecule has 112 valence electrons. The van der Waals surface area contributed by atoms with Gasteiger partial charge in [0.2, 0.25) is 10.0 Å². The van der Waals surface area contributed by atoms with Crippen LogP contribution in [0.4, 0.5) is 5.69 Å². The normalized spacial score (nSPS) is 12.6. The lowest BCUT2D eigenvalue weighted by molar-refractivity contribution is 0.520. The third kappa shape index (κ3) is 2.88. The summed E-state index contributed by atoms with van der Waals surface area (Å²) < 4.78 is 25.7. The van der Waals surface area contributed by atoms with Crippen molar-refractivity contribution in [3.63, 3.8) is 0 Å². The molecule has 1 N–H and O–H groups in total. The number of benzene rings is 1. The first-order valence-corrected chi connectivity index (χ1v) is 7.90. The Morgan fingerprint density at radius 2 is 1.85 bits per heavy atom. The number of allylic oxidation sites excluding steroid dienone is 1. The summed E-state index contributed by atoms with van der Waals surface area (Å²) in [6, 6.07) is 5.16. The van der Waals surface area contributed by atoms with E-state index in [0.717, 1.165) is 16.8 Å². The molecule has 1 aromatic carbocycles. The van der Waals surface area contributed by atoms with Gasteiger partial charge in [0.1, 0.15) is 0 Å². The Kier molecular flexibility index (Phi) is 4.66. The summed E-state index contributed by atoms with van der Waals surface area (Å²) in [6.07, 6.45) is 0. The molecule has 0 saturated carbocycles. The summed E-state index contributed by atoms with van der Waals surface area (Å²) in [5.41, 5.74) is 2.51. The fourth-order valence-corrected chi connectivity index (χ4v) is 2.79. The Morgan fingerprint density at radius 1 is 1.30 bits per heavy atom. The second-order valence-electron chi connectivity index (χ2n) is 5.65. The summed E-state index contributed by atoms with van der Waals surface area (Å²) >= 11 is 0. The molecule has 0 fully saturated rings. The summed E-state index contributed by atoms with van der Waals surface area (Å²) in [6.45, 7) is 10.0. The topological polar surface area (TPSA) is 49.4 Å². The monoisotopic (exact) mass is 296 g/mol. The van der Waals surface area contributed by atoms with Crippen molar-refractivity contribution in [2.45, 2.75) is 31.1 Å². The predicted octanol–water partition coefficient (Wildman–Crippen LogP) is 2.83. The van der Waals surface area contributed by atoms with Crippen LogP contribution in [0.2, 0.25) is 0 Å². The lowest BCUT2D eigenvalue weighted by Crippen LogP contribution is -2.24. The number of sulfonamides is 1. The molecule has 0 radical (unpaired) electrons. The van der Waals surface area contributed by atoms with Crippen LogP contribution in [-0.4, -0.2) is 33.9 Å². The maximum absolute atomic E-state index is 12.3. The van der Waals surface area contributed by atoms with Crippen LogP contribution < -0.4 is 5.32 Å². The minimum absolute atomic E-state index is 0.297. The van der Waals surface area contributed by atoms with E-state index in [4.69, 9.17) is 0 Å². The summed E-state index contributed by atoms with van der Waals surface area (Å²) in [4.78, 5) is 0.297. The van der Waals surface area contributed by atoms with Crippen LogP contribution in [0.3, 0.4) is 0 Å². The number of hydrogen-bond donors (Lipinski definition) is 1. The Hall–Kier alpha value is -1.33. The summed E-state index contributed by atoms with van der Waals surface area (Å²) in [7, 11) is 1.46. The molecule has 0 bridgehead atoms. The van der Waals surface area contributed by atoms with Crippen molar-refractivity contribution < 1.29 is 8.42 Å². The standard InChI is InChI=1S/C15H24N2O2S/c1-11(2)15(3,4)13-10-12(8-9-14(13)16-5)20(18,19)17(6)7/h8-10,16H,1H2,2-7H3. The van der Waals surface area contributed by atoms with Crippen molar-refractivity contribution in [3.8, 4) is 0 Å². The Balaban J connectivity index is 3.57. The fraction of sp³-hybridized carbons (Fsp3) is 0.467. The quantitative estimate of drug-likeness (QED) is 0.850. The van der Waals surface area contributed by atoms with E-state index in [-0.39, 0.29) is 5.41 Å². The molecular weight excluding hydrogens is 272 g/mol. The van der Waals surface area contributed by atoms with Gasteiger partial charge in [0.25, 0.3) is 0 Å². The number of anilines is 1. The summed E-state index contributed by atoms with van der Waals surface area (Å²) in [5.74, 6) is 0. The molecule has 0 aliphatic rings. The maximum atomic E-state index is 12.3. The SMILES string of the molecule is C=C(C)C(C)(C)c1cc(S(=O)(=O)N(C)C)ccc1NC. The first-order valence-electron chi connectivity index (χ1n) is 6.46. The van der Waals surface area contributed by atoms with Crippen LogP contribution in [-0.2, 0) is 15.4 Å². The zero-order valence-electron chi connectivity index (χ0n) is 13.1. The second-order valence-corrected chi connectivity index (χ2v) is 7.80. The third-order valence-electron chi connectivity index (χ3n) is 3.78. The Bertz CT molecular complexity index is 617.